The van der Waals surface area contributed by atoms with Crippen LogP contribution in [0.2, 0.25) is 0 Å². The number of carboxylic acid groups (broad SMARTS) is 4. The van der Waals surface area contributed by atoms with E-state index in [-0.39, 0.29) is 32.7 Å². The zero-order chi connectivity index (χ0) is 23.7. The Morgan fingerprint density at radius 3 is 1.45 bits per heavy atom. The van der Waals surface area contributed by atoms with Gasteiger partial charge in [-0.15, -0.1) is 0 Å². The second kappa shape index (κ2) is 11.2. The van der Waals surface area contributed by atoms with E-state index < -0.39 is 59.0 Å². The van der Waals surface area contributed by atoms with Crippen molar-refractivity contribution in [1.82, 2.24) is 0 Å². The molecule has 0 atom stereocenters. The molecule has 8 N–H and O–H groups in total. The fraction of sp³-hybridized carbons (Fsp3) is 0.474. The van der Waals surface area contributed by atoms with E-state index in [1.165, 1.54) is 0 Å². The van der Waals surface area contributed by atoms with Crippen LogP contribution in [0.3, 0.4) is 0 Å². The smallest absolute Gasteiger partial charge is 0.359 e. The largest absolute Gasteiger partial charge is 0.477 e. The number of nitrogen functional groups attached to an aromatic ring is 1. The molecule has 0 saturated carbocycles. The molecule has 0 amide bonds. The van der Waals surface area contributed by atoms with Crippen LogP contribution in [0.15, 0.2) is 24.3 Å². The van der Waals surface area contributed by atoms with E-state index in [2.05, 4.69) is 0 Å². The topological polar surface area (TPSA) is 201 Å². The van der Waals surface area contributed by atoms with Crippen molar-refractivity contribution in [2.45, 2.75) is 6.54 Å². The lowest BCUT2D eigenvalue weighted by molar-refractivity contribution is -0.974. The second-order valence-corrected chi connectivity index (χ2v) is 7.75. The zero-order valence-electron chi connectivity index (χ0n) is 17.1. The molecule has 0 aliphatic carbocycles. The summed E-state index contributed by atoms with van der Waals surface area (Å²) in [7, 11) is 0. The quantitative estimate of drug-likeness (QED) is 0.140. The van der Waals surface area contributed by atoms with Gasteiger partial charge < -0.3 is 31.9 Å². The third-order valence-corrected chi connectivity index (χ3v) is 5.03. The summed E-state index contributed by atoms with van der Waals surface area (Å²) in [5.41, 5.74) is 12.4. The molecule has 1 aromatic carbocycles. The van der Waals surface area contributed by atoms with E-state index in [0.29, 0.717) is 11.3 Å². The summed E-state index contributed by atoms with van der Waals surface area (Å²) in [5, 5.41) is 37.6. The van der Waals surface area contributed by atoms with Gasteiger partial charge in [-0.3, -0.25) is 8.97 Å². The van der Waals surface area contributed by atoms with Crippen molar-refractivity contribution in [3.63, 3.8) is 0 Å². The number of hydrogen-bond acceptors (Lipinski definition) is 6. The van der Waals surface area contributed by atoms with E-state index in [1.54, 1.807) is 24.3 Å². The third kappa shape index (κ3) is 8.99. The average molecular weight is 442 g/mol. The third-order valence-electron chi connectivity index (χ3n) is 5.03. The van der Waals surface area contributed by atoms with E-state index in [0.717, 1.165) is 0 Å². The van der Waals surface area contributed by atoms with Gasteiger partial charge in [-0.2, -0.15) is 0 Å². The number of quaternary nitrogens is 2. The molecule has 0 aliphatic rings. The van der Waals surface area contributed by atoms with Gasteiger partial charge in [-0.25, -0.2) is 19.2 Å². The molecule has 0 aliphatic heterocycles. The summed E-state index contributed by atoms with van der Waals surface area (Å²) in [6.45, 7) is -2.25. The van der Waals surface area contributed by atoms with E-state index in [1.807, 2.05) is 0 Å². The van der Waals surface area contributed by atoms with E-state index >= 15 is 0 Å². The van der Waals surface area contributed by atoms with Gasteiger partial charge in [0.05, 0.1) is 6.54 Å². The Hall–Kier alpha value is -3.22. The SMILES string of the molecule is NCC[N+](CC[N+](CC(=O)O)(CC(=O)O)Cc1ccc(N)cc1)(CC(=O)O)CC(=O)O. The van der Waals surface area contributed by atoms with Crippen LogP contribution < -0.4 is 11.5 Å². The van der Waals surface area contributed by atoms with Crippen LogP contribution >= 0.6 is 0 Å². The lowest BCUT2D eigenvalue weighted by atomic mass is 10.1. The number of benzene rings is 1. The molecular formula is C19H30N4O8+2. The number of nitrogens with zero attached hydrogens (tertiary/aromatic N) is 2. The van der Waals surface area contributed by atoms with Crippen LogP contribution in [0.25, 0.3) is 0 Å². The molecule has 0 radical (unpaired) electrons. The number of carboxylic acids is 4. The molecular weight excluding hydrogens is 412 g/mol. The fourth-order valence-electron chi connectivity index (χ4n) is 3.75. The molecule has 1 aromatic rings. The first-order valence-corrected chi connectivity index (χ1v) is 9.53. The van der Waals surface area contributed by atoms with Crippen molar-refractivity contribution in [3.05, 3.63) is 29.8 Å². The van der Waals surface area contributed by atoms with Crippen LogP contribution in [0.5, 0.6) is 0 Å². The summed E-state index contributed by atoms with van der Waals surface area (Å²) in [5.74, 6) is -4.93. The Labute approximate surface area is 179 Å². The summed E-state index contributed by atoms with van der Waals surface area (Å²) in [4.78, 5) is 46.0. The summed E-state index contributed by atoms with van der Waals surface area (Å²) < 4.78 is -0.861. The number of aliphatic carboxylic acids is 4. The molecule has 12 nitrogen and oxygen atoms in total. The van der Waals surface area contributed by atoms with Gasteiger partial charge in [-0.1, -0.05) is 12.1 Å². The molecule has 0 saturated heterocycles. The Morgan fingerprint density at radius 1 is 0.677 bits per heavy atom. The number of anilines is 1. The summed E-state index contributed by atoms with van der Waals surface area (Å²) >= 11 is 0. The first-order valence-electron chi connectivity index (χ1n) is 9.53. The van der Waals surface area contributed by atoms with Gasteiger partial charge in [0.25, 0.3) is 0 Å². The highest BCUT2D eigenvalue weighted by molar-refractivity contribution is 5.71. The van der Waals surface area contributed by atoms with Crippen LogP contribution in [0.1, 0.15) is 5.56 Å². The van der Waals surface area contributed by atoms with Crippen LogP contribution in [0, 0.1) is 0 Å². The predicted octanol–water partition coefficient (Wildman–Crippen LogP) is -1.30. The van der Waals surface area contributed by atoms with Crippen molar-refractivity contribution >= 4 is 29.6 Å². The Bertz CT molecular complexity index is 765. The minimum atomic E-state index is -1.23. The van der Waals surface area contributed by atoms with Crippen molar-refractivity contribution in [3.8, 4) is 0 Å². The zero-order valence-corrected chi connectivity index (χ0v) is 17.1. The molecule has 0 fully saturated rings. The van der Waals surface area contributed by atoms with Crippen LogP contribution in [-0.2, 0) is 25.7 Å². The predicted molar refractivity (Wildman–Crippen MR) is 109 cm³/mol. The monoisotopic (exact) mass is 442 g/mol. The highest BCUT2D eigenvalue weighted by Crippen LogP contribution is 2.19. The maximum absolute atomic E-state index is 11.6. The van der Waals surface area contributed by atoms with Gasteiger partial charge >= 0.3 is 23.9 Å². The van der Waals surface area contributed by atoms with E-state index in [4.69, 9.17) is 11.5 Å². The lowest BCUT2D eigenvalue weighted by Gasteiger charge is -2.41. The van der Waals surface area contributed by atoms with Gasteiger partial charge in [0.15, 0.2) is 26.2 Å². The maximum Gasteiger partial charge on any atom is 0.359 e. The molecule has 0 bridgehead atoms. The highest BCUT2D eigenvalue weighted by atomic mass is 16.4. The van der Waals surface area contributed by atoms with E-state index in [9.17, 15) is 39.6 Å². The Morgan fingerprint density at radius 2 is 1.06 bits per heavy atom. The summed E-state index contributed by atoms with van der Waals surface area (Å²) in [6, 6.07) is 6.52. The molecule has 0 unspecified atom stereocenters. The Balaban J connectivity index is 3.34. The van der Waals surface area contributed by atoms with Crippen molar-refractivity contribution < 1.29 is 48.6 Å². The first kappa shape index (κ1) is 25.8. The molecule has 0 aromatic heterocycles. The fourth-order valence-corrected chi connectivity index (χ4v) is 3.75. The number of carbonyl (C=O) groups is 4. The first-order chi connectivity index (χ1) is 14.4. The molecule has 12 heteroatoms. The molecule has 1 rings (SSSR count). The van der Waals surface area contributed by atoms with Crippen molar-refractivity contribution in [1.29, 1.82) is 0 Å². The Kier molecular flexibility index (Phi) is 9.37. The van der Waals surface area contributed by atoms with Crippen LogP contribution in [0.4, 0.5) is 5.69 Å². The lowest BCUT2D eigenvalue weighted by Crippen LogP contribution is -2.63. The minimum Gasteiger partial charge on any atom is -0.477 e. The molecule has 0 heterocycles. The van der Waals surface area contributed by atoms with Gasteiger partial charge in [0, 0.05) is 17.8 Å². The molecule has 0 spiro atoms. The second-order valence-electron chi connectivity index (χ2n) is 7.75. The van der Waals surface area contributed by atoms with Gasteiger partial charge in [0.2, 0.25) is 0 Å². The number of rotatable bonds is 15. The standard InChI is InChI=1S/C19H28N4O8/c20-5-6-22(10-16(24)25,11-17(26)27)7-8-23(12-18(28)29,13-19(30)31)9-14-1-3-15(21)4-2-14/h1-4H,5-13,20-21H2,(H2-2,24,25,26,27,28,29,30,31)/p+2. The summed E-state index contributed by atoms with van der Waals surface area (Å²) in [6.07, 6.45) is 0. The van der Waals surface area contributed by atoms with Crippen molar-refractivity contribution in [2.24, 2.45) is 5.73 Å². The minimum absolute atomic E-state index is 0.0103. The average Bonchev–Trinajstić information content (AvgIpc) is 2.60. The maximum atomic E-state index is 11.6. The van der Waals surface area contributed by atoms with Crippen molar-refractivity contribution in [2.75, 3.05) is 58.1 Å². The number of hydrogen-bond donors (Lipinski definition) is 6. The normalized spacial score (nSPS) is 11.8. The van der Waals surface area contributed by atoms with Crippen LogP contribution in [-0.4, -0.2) is 106 Å². The molecule has 31 heavy (non-hydrogen) atoms. The molecule has 172 valence electrons. The number of nitrogens with two attached hydrogens (primary N) is 2. The van der Waals surface area contributed by atoms with Gasteiger partial charge in [-0.05, 0) is 12.1 Å². The van der Waals surface area contributed by atoms with Gasteiger partial charge in [0.1, 0.15) is 19.6 Å². The highest BCUT2D eigenvalue weighted by Gasteiger charge is 2.40.